The fraction of sp³-hybridized carbons (Fsp3) is 0.235. The molecular weight excluding hydrogens is 321 g/mol. The topological polar surface area (TPSA) is 52.3 Å². The monoisotopic (exact) mass is 339 g/mol. The molecule has 3 nitrogen and oxygen atoms in total. The highest BCUT2D eigenvalue weighted by Gasteiger charge is 2.20. The fourth-order valence-electron chi connectivity index (χ4n) is 2.11. The van der Waals surface area contributed by atoms with Crippen molar-refractivity contribution in [3.05, 3.63) is 65.2 Å². The standard InChI is InChI=1S/C17H18ClNO2.ClH/c18-15-6-8-16(9-7-15)21-17(20)14(10-11-19)12-13-4-2-1-3-5-13;/h1-9,14H,10-12,19H2;1H. The van der Waals surface area contributed by atoms with Crippen LogP contribution in [0.1, 0.15) is 12.0 Å². The van der Waals surface area contributed by atoms with Crippen molar-refractivity contribution < 1.29 is 9.53 Å². The lowest BCUT2D eigenvalue weighted by molar-refractivity contribution is -0.139. The van der Waals surface area contributed by atoms with E-state index in [1.165, 1.54) is 0 Å². The summed E-state index contributed by atoms with van der Waals surface area (Å²) in [6.45, 7) is 0.452. The minimum Gasteiger partial charge on any atom is -0.426 e. The van der Waals surface area contributed by atoms with Crippen LogP contribution in [-0.2, 0) is 11.2 Å². The van der Waals surface area contributed by atoms with Crippen molar-refractivity contribution >= 4 is 30.0 Å². The zero-order valence-corrected chi connectivity index (χ0v) is 13.6. The number of halogens is 2. The first kappa shape index (κ1) is 18.5. The minimum atomic E-state index is -0.258. The molecule has 2 aromatic rings. The molecule has 0 aliphatic rings. The Labute approximate surface area is 141 Å². The van der Waals surface area contributed by atoms with Gasteiger partial charge in [-0.2, -0.15) is 0 Å². The predicted molar refractivity (Wildman–Crippen MR) is 91.6 cm³/mol. The van der Waals surface area contributed by atoms with Gasteiger partial charge in [0, 0.05) is 5.02 Å². The number of esters is 1. The average Bonchev–Trinajstić information content (AvgIpc) is 2.50. The summed E-state index contributed by atoms with van der Waals surface area (Å²) in [7, 11) is 0. The number of hydrogen-bond donors (Lipinski definition) is 1. The van der Waals surface area contributed by atoms with Crippen molar-refractivity contribution in [2.75, 3.05) is 6.54 Å². The Kier molecular flexibility index (Phi) is 7.96. The quantitative estimate of drug-likeness (QED) is 0.641. The van der Waals surface area contributed by atoms with Gasteiger partial charge in [-0.1, -0.05) is 41.9 Å². The van der Waals surface area contributed by atoms with Gasteiger partial charge in [-0.15, -0.1) is 12.4 Å². The molecule has 2 rings (SSSR count). The Morgan fingerprint density at radius 3 is 2.32 bits per heavy atom. The Bertz CT molecular complexity index is 573. The SMILES string of the molecule is Cl.NCCC(Cc1ccccc1)C(=O)Oc1ccc(Cl)cc1. The maximum Gasteiger partial charge on any atom is 0.314 e. The summed E-state index contributed by atoms with van der Waals surface area (Å²) in [4.78, 5) is 12.3. The minimum absolute atomic E-state index is 0. The molecular formula is C17H19Cl2NO2. The number of ether oxygens (including phenoxy) is 1. The van der Waals surface area contributed by atoms with Crippen molar-refractivity contribution in [2.24, 2.45) is 11.7 Å². The Hall–Kier alpha value is -1.55. The second kappa shape index (κ2) is 9.46. The van der Waals surface area contributed by atoms with Crippen LogP contribution in [0.5, 0.6) is 5.75 Å². The summed E-state index contributed by atoms with van der Waals surface area (Å²) in [5.74, 6) is -0.000753. The third kappa shape index (κ3) is 5.68. The normalized spacial score (nSPS) is 11.4. The lowest BCUT2D eigenvalue weighted by Crippen LogP contribution is -2.25. The van der Waals surface area contributed by atoms with Crippen molar-refractivity contribution in [2.45, 2.75) is 12.8 Å². The number of nitrogens with two attached hydrogens (primary N) is 1. The van der Waals surface area contributed by atoms with Gasteiger partial charge in [-0.3, -0.25) is 4.79 Å². The van der Waals surface area contributed by atoms with E-state index in [4.69, 9.17) is 22.1 Å². The number of carbonyl (C=O) groups is 1. The van der Waals surface area contributed by atoms with Crippen LogP contribution in [0.4, 0.5) is 0 Å². The summed E-state index contributed by atoms with van der Waals surface area (Å²) in [6.07, 6.45) is 1.23. The maximum atomic E-state index is 12.3. The Morgan fingerprint density at radius 2 is 1.73 bits per heavy atom. The highest BCUT2D eigenvalue weighted by Crippen LogP contribution is 2.19. The summed E-state index contributed by atoms with van der Waals surface area (Å²) >= 11 is 5.81. The second-order valence-corrected chi connectivity index (χ2v) is 5.28. The molecule has 2 aromatic carbocycles. The van der Waals surface area contributed by atoms with Crippen molar-refractivity contribution in [3.8, 4) is 5.75 Å². The van der Waals surface area contributed by atoms with Crippen LogP contribution in [0.25, 0.3) is 0 Å². The molecule has 0 aliphatic heterocycles. The summed E-state index contributed by atoms with van der Waals surface area (Å²) in [6, 6.07) is 16.6. The largest absolute Gasteiger partial charge is 0.426 e. The van der Waals surface area contributed by atoms with Crippen LogP contribution in [0.15, 0.2) is 54.6 Å². The molecule has 0 fully saturated rings. The number of hydrogen-bond acceptors (Lipinski definition) is 3. The molecule has 1 unspecified atom stereocenters. The van der Waals surface area contributed by atoms with Gasteiger partial charge < -0.3 is 10.5 Å². The first-order valence-electron chi connectivity index (χ1n) is 6.90. The molecule has 2 N–H and O–H groups in total. The van der Waals surface area contributed by atoms with E-state index in [0.717, 1.165) is 5.56 Å². The van der Waals surface area contributed by atoms with E-state index in [-0.39, 0.29) is 24.3 Å². The van der Waals surface area contributed by atoms with E-state index in [1.54, 1.807) is 24.3 Å². The molecule has 0 bridgehead atoms. The molecule has 0 aliphatic carbocycles. The molecule has 118 valence electrons. The second-order valence-electron chi connectivity index (χ2n) is 4.84. The lowest BCUT2D eigenvalue weighted by Gasteiger charge is -2.15. The van der Waals surface area contributed by atoms with Gasteiger partial charge in [0.05, 0.1) is 5.92 Å². The molecule has 0 saturated carbocycles. The molecule has 0 radical (unpaired) electrons. The third-order valence-corrected chi connectivity index (χ3v) is 3.46. The van der Waals surface area contributed by atoms with Gasteiger partial charge in [0.15, 0.2) is 0 Å². The third-order valence-electron chi connectivity index (χ3n) is 3.21. The number of benzene rings is 2. The number of rotatable bonds is 6. The molecule has 5 heteroatoms. The van der Waals surface area contributed by atoms with Crippen LogP contribution in [-0.4, -0.2) is 12.5 Å². The molecule has 0 heterocycles. The highest BCUT2D eigenvalue weighted by molar-refractivity contribution is 6.30. The van der Waals surface area contributed by atoms with Crippen LogP contribution in [0, 0.1) is 5.92 Å². The lowest BCUT2D eigenvalue weighted by atomic mass is 9.96. The zero-order valence-electron chi connectivity index (χ0n) is 12.1. The molecule has 0 spiro atoms. The first-order chi connectivity index (χ1) is 10.2. The number of carbonyl (C=O) groups excluding carboxylic acids is 1. The predicted octanol–water partition coefficient (Wildman–Crippen LogP) is 3.87. The van der Waals surface area contributed by atoms with Crippen molar-refractivity contribution in [1.82, 2.24) is 0 Å². The van der Waals surface area contributed by atoms with Gasteiger partial charge >= 0.3 is 5.97 Å². The van der Waals surface area contributed by atoms with Crippen LogP contribution in [0.2, 0.25) is 5.02 Å². The average molecular weight is 340 g/mol. The van der Waals surface area contributed by atoms with Gasteiger partial charge in [-0.25, -0.2) is 0 Å². The summed E-state index contributed by atoms with van der Waals surface area (Å²) in [5, 5.41) is 0.609. The zero-order chi connectivity index (χ0) is 15.1. The van der Waals surface area contributed by atoms with E-state index in [9.17, 15) is 4.79 Å². The van der Waals surface area contributed by atoms with Crippen LogP contribution < -0.4 is 10.5 Å². The van der Waals surface area contributed by atoms with Crippen LogP contribution >= 0.6 is 24.0 Å². The van der Waals surface area contributed by atoms with Gasteiger partial charge in [-0.05, 0) is 49.2 Å². The molecule has 0 amide bonds. The maximum absolute atomic E-state index is 12.3. The van der Waals surface area contributed by atoms with E-state index < -0.39 is 0 Å². The fourth-order valence-corrected chi connectivity index (χ4v) is 2.23. The van der Waals surface area contributed by atoms with Crippen molar-refractivity contribution in [3.63, 3.8) is 0 Å². The van der Waals surface area contributed by atoms with Crippen molar-refractivity contribution in [1.29, 1.82) is 0 Å². The van der Waals surface area contributed by atoms with E-state index >= 15 is 0 Å². The van der Waals surface area contributed by atoms with Gasteiger partial charge in [0.25, 0.3) is 0 Å². The molecule has 22 heavy (non-hydrogen) atoms. The van der Waals surface area contributed by atoms with Gasteiger partial charge in [0.1, 0.15) is 5.75 Å². The smallest absolute Gasteiger partial charge is 0.314 e. The first-order valence-corrected chi connectivity index (χ1v) is 7.28. The summed E-state index contributed by atoms with van der Waals surface area (Å²) < 4.78 is 5.40. The van der Waals surface area contributed by atoms with E-state index in [1.807, 2.05) is 30.3 Å². The molecule has 0 aromatic heterocycles. The Balaban J connectivity index is 0.00000242. The molecule has 1 atom stereocenters. The highest BCUT2D eigenvalue weighted by atomic mass is 35.5. The van der Waals surface area contributed by atoms with Gasteiger partial charge in [0.2, 0.25) is 0 Å². The summed E-state index contributed by atoms with van der Waals surface area (Å²) in [5.41, 5.74) is 6.71. The van der Waals surface area contributed by atoms with E-state index in [0.29, 0.717) is 30.2 Å². The molecule has 0 saturated heterocycles. The van der Waals surface area contributed by atoms with Crippen LogP contribution in [0.3, 0.4) is 0 Å². The van der Waals surface area contributed by atoms with E-state index in [2.05, 4.69) is 0 Å². The Morgan fingerprint density at radius 1 is 1.09 bits per heavy atom.